The molecule has 0 saturated carbocycles. The molecule has 1 aliphatic heterocycles. The molecule has 1 atom stereocenters. The summed E-state index contributed by atoms with van der Waals surface area (Å²) in [6.45, 7) is 1.78. The summed E-state index contributed by atoms with van der Waals surface area (Å²) < 4.78 is 40.5. The van der Waals surface area contributed by atoms with Crippen LogP contribution in [0.25, 0.3) is 0 Å². The van der Waals surface area contributed by atoms with Gasteiger partial charge in [-0.2, -0.15) is 0 Å². The van der Waals surface area contributed by atoms with E-state index in [4.69, 9.17) is 0 Å². The van der Waals surface area contributed by atoms with Crippen LogP contribution >= 0.6 is 12.4 Å². The van der Waals surface area contributed by atoms with E-state index in [2.05, 4.69) is 10.0 Å². The van der Waals surface area contributed by atoms with Crippen LogP contribution in [0.1, 0.15) is 25.7 Å². The Balaban J connectivity index is 0.00000312. The second-order valence-corrected chi connectivity index (χ2v) is 7.68. The van der Waals surface area contributed by atoms with Crippen LogP contribution in [0.4, 0.5) is 4.39 Å². The van der Waals surface area contributed by atoms with Crippen molar-refractivity contribution >= 4 is 28.3 Å². The van der Waals surface area contributed by atoms with Crippen molar-refractivity contribution in [3.8, 4) is 0 Å². The molecule has 142 valence electrons. The van der Waals surface area contributed by atoms with Gasteiger partial charge in [0.25, 0.3) is 0 Å². The number of likely N-dealkylation sites (tertiary alicyclic amines) is 1. The SMILES string of the molecule is CNCCCC(=O)N1CCCC(NS(=O)(=O)c2cccc(F)c2)C1.Cl. The average Bonchev–Trinajstić information content (AvgIpc) is 2.55. The van der Waals surface area contributed by atoms with E-state index in [1.54, 1.807) is 4.90 Å². The standard InChI is InChI=1S/C16H24FN3O3S.ClH/c1-18-9-3-8-16(21)20-10-4-6-14(12-20)19-24(22,23)15-7-2-5-13(17)11-15;/h2,5,7,11,14,18-19H,3-4,6,8-10,12H2,1H3;1H. The number of carbonyl (C=O) groups is 1. The summed E-state index contributed by atoms with van der Waals surface area (Å²) in [6.07, 6.45) is 2.61. The van der Waals surface area contributed by atoms with Crippen molar-refractivity contribution in [1.29, 1.82) is 0 Å². The zero-order valence-corrected chi connectivity index (χ0v) is 15.8. The molecule has 25 heavy (non-hydrogen) atoms. The molecule has 1 fully saturated rings. The second kappa shape index (κ2) is 10.1. The van der Waals surface area contributed by atoms with Crippen LogP contribution in [0.2, 0.25) is 0 Å². The fourth-order valence-electron chi connectivity index (χ4n) is 2.80. The molecule has 1 aromatic rings. The van der Waals surface area contributed by atoms with Gasteiger partial charge in [-0.1, -0.05) is 6.07 Å². The van der Waals surface area contributed by atoms with Crippen LogP contribution in [-0.2, 0) is 14.8 Å². The number of hydrogen-bond donors (Lipinski definition) is 2. The van der Waals surface area contributed by atoms with Gasteiger partial charge in [0.1, 0.15) is 5.82 Å². The first kappa shape index (κ1) is 21.8. The van der Waals surface area contributed by atoms with E-state index >= 15 is 0 Å². The number of piperidine rings is 1. The minimum Gasteiger partial charge on any atom is -0.341 e. The summed E-state index contributed by atoms with van der Waals surface area (Å²) in [4.78, 5) is 13.8. The van der Waals surface area contributed by atoms with Gasteiger partial charge in [-0.25, -0.2) is 17.5 Å². The molecule has 1 saturated heterocycles. The Bertz CT molecular complexity index is 672. The summed E-state index contributed by atoms with van der Waals surface area (Å²) in [5.41, 5.74) is 0. The molecule has 1 heterocycles. The predicted molar refractivity (Wildman–Crippen MR) is 96.7 cm³/mol. The van der Waals surface area contributed by atoms with Gasteiger partial charge >= 0.3 is 0 Å². The van der Waals surface area contributed by atoms with Crippen molar-refractivity contribution in [2.45, 2.75) is 36.6 Å². The van der Waals surface area contributed by atoms with E-state index in [1.807, 2.05) is 7.05 Å². The van der Waals surface area contributed by atoms with Crippen molar-refractivity contribution in [3.05, 3.63) is 30.1 Å². The fraction of sp³-hybridized carbons (Fsp3) is 0.562. The van der Waals surface area contributed by atoms with Gasteiger partial charge < -0.3 is 10.2 Å². The van der Waals surface area contributed by atoms with E-state index in [1.165, 1.54) is 18.2 Å². The Morgan fingerprint density at radius 1 is 1.40 bits per heavy atom. The molecule has 2 N–H and O–H groups in total. The number of hydrogen-bond acceptors (Lipinski definition) is 4. The van der Waals surface area contributed by atoms with E-state index in [-0.39, 0.29) is 29.3 Å². The van der Waals surface area contributed by atoms with Crippen LogP contribution in [0.5, 0.6) is 0 Å². The summed E-state index contributed by atoms with van der Waals surface area (Å²) >= 11 is 0. The Labute approximate surface area is 154 Å². The van der Waals surface area contributed by atoms with Crippen LogP contribution in [0.15, 0.2) is 29.2 Å². The quantitative estimate of drug-likeness (QED) is 0.688. The molecule has 1 aromatic carbocycles. The van der Waals surface area contributed by atoms with E-state index in [0.717, 1.165) is 25.5 Å². The van der Waals surface area contributed by atoms with Crippen LogP contribution in [0.3, 0.4) is 0 Å². The average molecular weight is 394 g/mol. The zero-order valence-electron chi connectivity index (χ0n) is 14.2. The van der Waals surface area contributed by atoms with Gasteiger partial charge in [-0.3, -0.25) is 4.79 Å². The number of amides is 1. The predicted octanol–water partition coefficient (Wildman–Crippen LogP) is 1.52. The summed E-state index contributed by atoms with van der Waals surface area (Å²) in [7, 11) is -1.95. The van der Waals surface area contributed by atoms with Crippen LogP contribution in [0, 0.1) is 5.82 Å². The molecule has 9 heteroatoms. The number of benzene rings is 1. The molecule has 1 unspecified atom stereocenters. The maximum Gasteiger partial charge on any atom is 0.240 e. The number of carbonyl (C=O) groups excluding carboxylic acids is 1. The maximum absolute atomic E-state index is 13.2. The first-order valence-electron chi connectivity index (χ1n) is 8.12. The highest BCUT2D eigenvalue weighted by atomic mass is 35.5. The highest BCUT2D eigenvalue weighted by Gasteiger charge is 2.27. The summed E-state index contributed by atoms with van der Waals surface area (Å²) in [6, 6.07) is 4.56. The van der Waals surface area contributed by atoms with Crippen molar-refractivity contribution in [3.63, 3.8) is 0 Å². The Kier molecular flexibility index (Phi) is 8.78. The van der Waals surface area contributed by atoms with Gasteiger partial charge in [-0.05, 0) is 51.1 Å². The van der Waals surface area contributed by atoms with Crippen molar-refractivity contribution in [2.75, 3.05) is 26.7 Å². The minimum absolute atomic E-state index is 0. The first-order valence-corrected chi connectivity index (χ1v) is 9.61. The summed E-state index contributed by atoms with van der Waals surface area (Å²) in [5.74, 6) is -0.553. The molecule has 0 bridgehead atoms. The number of nitrogens with one attached hydrogen (secondary N) is 2. The van der Waals surface area contributed by atoms with Gasteiger partial charge in [-0.15, -0.1) is 12.4 Å². The van der Waals surface area contributed by atoms with E-state index in [9.17, 15) is 17.6 Å². The van der Waals surface area contributed by atoms with Crippen LogP contribution in [-0.4, -0.2) is 51.9 Å². The van der Waals surface area contributed by atoms with Crippen LogP contribution < -0.4 is 10.0 Å². The summed E-state index contributed by atoms with van der Waals surface area (Å²) in [5, 5.41) is 3.00. The smallest absolute Gasteiger partial charge is 0.240 e. The Morgan fingerprint density at radius 2 is 2.16 bits per heavy atom. The number of rotatable bonds is 7. The Hall–Kier alpha value is -1.22. The lowest BCUT2D eigenvalue weighted by Gasteiger charge is -2.33. The third-order valence-corrected chi connectivity index (χ3v) is 5.54. The monoisotopic (exact) mass is 393 g/mol. The lowest BCUT2D eigenvalue weighted by molar-refractivity contribution is -0.132. The Morgan fingerprint density at radius 3 is 2.84 bits per heavy atom. The lowest BCUT2D eigenvalue weighted by atomic mass is 10.1. The van der Waals surface area contributed by atoms with Gasteiger partial charge in [0.15, 0.2) is 0 Å². The highest BCUT2D eigenvalue weighted by Crippen LogP contribution is 2.16. The highest BCUT2D eigenvalue weighted by molar-refractivity contribution is 7.89. The van der Waals surface area contributed by atoms with Crippen molar-refractivity contribution in [1.82, 2.24) is 14.9 Å². The molecule has 0 aliphatic carbocycles. The third-order valence-electron chi connectivity index (χ3n) is 4.02. The molecule has 0 aromatic heterocycles. The topological polar surface area (TPSA) is 78.5 Å². The van der Waals surface area contributed by atoms with Gasteiger partial charge in [0, 0.05) is 25.6 Å². The number of sulfonamides is 1. The molecule has 0 spiro atoms. The molecule has 1 aliphatic rings. The van der Waals surface area contributed by atoms with Crippen molar-refractivity contribution in [2.24, 2.45) is 0 Å². The van der Waals surface area contributed by atoms with E-state index < -0.39 is 15.8 Å². The van der Waals surface area contributed by atoms with E-state index in [0.29, 0.717) is 25.9 Å². The lowest BCUT2D eigenvalue weighted by Crippen LogP contribution is -2.49. The zero-order chi connectivity index (χ0) is 17.6. The number of halogens is 2. The molecule has 1 amide bonds. The molecule has 0 radical (unpaired) electrons. The maximum atomic E-state index is 13.2. The normalized spacial score (nSPS) is 17.8. The molecular weight excluding hydrogens is 369 g/mol. The third kappa shape index (κ3) is 6.54. The minimum atomic E-state index is -3.79. The fourth-order valence-corrected chi connectivity index (χ4v) is 4.09. The van der Waals surface area contributed by atoms with Gasteiger partial charge in [0.2, 0.25) is 15.9 Å². The molecule has 2 rings (SSSR count). The number of nitrogens with zero attached hydrogens (tertiary/aromatic N) is 1. The first-order chi connectivity index (χ1) is 11.4. The van der Waals surface area contributed by atoms with Gasteiger partial charge in [0.05, 0.1) is 4.90 Å². The largest absolute Gasteiger partial charge is 0.341 e. The molecular formula is C16H25ClFN3O3S. The van der Waals surface area contributed by atoms with Crippen molar-refractivity contribution < 1.29 is 17.6 Å². The second-order valence-electron chi connectivity index (χ2n) is 5.96. The molecule has 6 nitrogen and oxygen atoms in total.